The number of nitrogens with one attached hydrogen (secondary N) is 1. The van der Waals surface area contributed by atoms with Crippen molar-refractivity contribution in [1.29, 1.82) is 0 Å². The highest BCUT2D eigenvalue weighted by Crippen LogP contribution is 2.23. The predicted octanol–water partition coefficient (Wildman–Crippen LogP) is 1.73. The van der Waals surface area contributed by atoms with Crippen molar-refractivity contribution in [2.45, 2.75) is 18.0 Å². The van der Waals surface area contributed by atoms with Crippen LogP contribution in [0, 0.1) is 0 Å². The molecule has 20 heavy (non-hydrogen) atoms. The third-order valence-electron chi connectivity index (χ3n) is 2.78. The average Bonchev–Trinajstić information content (AvgIpc) is 2.95. The number of hydrogen-bond acceptors (Lipinski definition) is 5. The van der Waals surface area contributed by atoms with Crippen LogP contribution in [0.25, 0.3) is 0 Å². The Morgan fingerprint density at radius 2 is 2.05 bits per heavy atom. The molecule has 1 heterocycles. The van der Waals surface area contributed by atoms with Crippen LogP contribution in [0.1, 0.15) is 10.4 Å². The van der Waals surface area contributed by atoms with Gasteiger partial charge >= 0.3 is 0 Å². The lowest BCUT2D eigenvalue weighted by Crippen LogP contribution is -2.24. The zero-order valence-electron chi connectivity index (χ0n) is 10.9. The van der Waals surface area contributed by atoms with Crippen molar-refractivity contribution < 1.29 is 18.3 Å². The number of hydrogen-bond donors (Lipinski definition) is 2. The minimum Gasteiger partial charge on any atom is -0.496 e. The summed E-state index contributed by atoms with van der Waals surface area (Å²) in [5.74, 6) is 0.628. The van der Waals surface area contributed by atoms with E-state index in [4.69, 9.17) is 9.84 Å². The highest BCUT2D eigenvalue weighted by Gasteiger charge is 2.19. The van der Waals surface area contributed by atoms with Crippen molar-refractivity contribution in [1.82, 2.24) is 4.72 Å². The van der Waals surface area contributed by atoms with Crippen LogP contribution in [0.2, 0.25) is 0 Å². The van der Waals surface area contributed by atoms with Gasteiger partial charge in [-0.25, -0.2) is 13.1 Å². The maximum absolute atomic E-state index is 12.2. The van der Waals surface area contributed by atoms with Crippen molar-refractivity contribution in [3.05, 3.63) is 46.2 Å². The van der Waals surface area contributed by atoms with Gasteiger partial charge in [0.25, 0.3) is 0 Å². The smallest absolute Gasteiger partial charge is 0.242 e. The van der Waals surface area contributed by atoms with Gasteiger partial charge in [0.2, 0.25) is 10.0 Å². The SMILES string of the molecule is COc1ccccc1CNS(=O)(=O)c1ccsc1CO. The number of aliphatic hydroxyl groups is 1. The summed E-state index contributed by atoms with van der Waals surface area (Å²) in [7, 11) is -2.10. The molecule has 1 aromatic carbocycles. The fourth-order valence-corrected chi connectivity index (χ4v) is 4.08. The first-order chi connectivity index (χ1) is 9.58. The van der Waals surface area contributed by atoms with Crippen molar-refractivity contribution in [3.63, 3.8) is 0 Å². The molecule has 0 spiro atoms. The quantitative estimate of drug-likeness (QED) is 0.851. The molecule has 0 radical (unpaired) electrons. The first kappa shape index (κ1) is 15.0. The highest BCUT2D eigenvalue weighted by atomic mass is 32.2. The van der Waals surface area contributed by atoms with E-state index in [1.165, 1.54) is 24.5 Å². The number of benzene rings is 1. The summed E-state index contributed by atoms with van der Waals surface area (Å²) >= 11 is 1.21. The number of sulfonamides is 1. The number of thiophene rings is 1. The molecule has 0 aliphatic carbocycles. The molecule has 7 heteroatoms. The van der Waals surface area contributed by atoms with Crippen LogP contribution in [-0.4, -0.2) is 20.6 Å². The molecule has 0 unspecified atom stereocenters. The number of rotatable bonds is 6. The van der Waals surface area contributed by atoms with Gasteiger partial charge in [-0.1, -0.05) is 18.2 Å². The van der Waals surface area contributed by atoms with E-state index in [1.807, 2.05) is 12.1 Å². The Morgan fingerprint density at radius 1 is 1.30 bits per heavy atom. The van der Waals surface area contributed by atoms with Crippen LogP contribution >= 0.6 is 11.3 Å². The summed E-state index contributed by atoms with van der Waals surface area (Å²) in [4.78, 5) is 0.553. The summed E-state index contributed by atoms with van der Waals surface area (Å²) in [6, 6.07) is 8.69. The van der Waals surface area contributed by atoms with Gasteiger partial charge in [-0.15, -0.1) is 11.3 Å². The molecule has 0 saturated heterocycles. The fourth-order valence-electron chi connectivity index (χ4n) is 1.78. The van der Waals surface area contributed by atoms with Crippen LogP contribution < -0.4 is 9.46 Å². The van der Waals surface area contributed by atoms with Crippen LogP contribution in [0.3, 0.4) is 0 Å². The molecular weight excluding hydrogens is 298 g/mol. The van der Waals surface area contributed by atoms with Gasteiger partial charge < -0.3 is 9.84 Å². The molecule has 2 rings (SSSR count). The number of aliphatic hydroxyl groups excluding tert-OH is 1. The molecule has 2 N–H and O–H groups in total. The van der Waals surface area contributed by atoms with Gasteiger partial charge in [0.05, 0.1) is 18.6 Å². The summed E-state index contributed by atoms with van der Waals surface area (Å²) in [6.07, 6.45) is 0. The molecule has 0 aliphatic rings. The van der Waals surface area contributed by atoms with Crippen molar-refractivity contribution in [2.24, 2.45) is 0 Å². The van der Waals surface area contributed by atoms with Gasteiger partial charge in [-0.2, -0.15) is 0 Å². The molecule has 0 fully saturated rings. The molecule has 0 aliphatic heterocycles. The van der Waals surface area contributed by atoms with Crippen LogP contribution in [0.15, 0.2) is 40.6 Å². The third kappa shape index (κ3) is 3.18. The van der Waals surface area contributed by atoms with E-state index in [1.54, 1.807) is 17.5 Å². The minimum absolute atomic E-state index is 0.125. The van der Waals surface area contributed by atoms with E-state index in [0.717, 1.165) is 5.56 Å². The molecule has 0 bridgehead atoms. The summed E-state index contributed by atoms with van der Waals surface area (Å²) in [5, 5.41) is 10.8. The van der Waals surface area contributed by atoms with Gasteiger partial charge in [0.15, 0.2) is 0 Å². The number of methoxy groups -OCH3 is 1. The fraction of sp³-hybridized carbons (Fsp3) is 0.231. The second kappa shape index (κ2) is 6.36. The summed E-state index contributed by atoms with van der Waals surface area (Å²) < 4.78 is 32.1. The monoisotopic (exact) mass is 313 g/mol. The average molecular weight is 313 g/mol. The van der Waals surface area contributed by atoms with E-state index in [9.17, 15) is 8.42 Å². The molecule has 0 saturated carbocycles. The van der Waals surface area contributed by atoms with E-state index in [-0.39, 0.29) is 18.0 Å². The number of para-hydroxylation sites is 1. The Balaban J connectivity index is 2.18. The molecular formula is C13H15NO4S2. The minimum atomic E-state index is -3.64. The largest absolute Gasteiger partial charge is 0.496 e. The van der Waals surface area contributed by atoms with Gasteiger partial charge in [-0.3, -0.25) is 0 Å². The predicted molar refractivity (Wildman–Crippen MR) is 77.3 cm³/mol. The van der Waals surface area contributed by atoms with Gasteiger partial charge in [0.1, 0.15) is 5.75 Å². The first-order valence-corrected chi connectivity index (χ1v) is 8.23. The van der Waals surface area contributed by atoms with Crippen molar-refractivity contribution in [2.75, 3.05) is 7.11 Å². The van der Waals surface area contributed by atoms with Crippen molar-refractivity contribution >= 4 is 21.4 Å². The summed E-state index contributed by atoms with van der Waals surface area (Å²) in [6.45, 7) is -0.157. The lowest BCUT2D eigenvalue weighted by Gasteiger charge is -2.10. The van der Waals surface area contributed by atoms with E-state index in [0.29, 0.717) is 10.6 Å². The van der Waals surface area contributed by atoms with E-state index >= 15 is 0 Å². The van der Waals surface area contributed by atoms with Gasteiger partial charge in [-0.05, 0) is 17.5 Å². The highest BCUT2D eigenvalue weighted by molar-refractivity contribution is 7.89. The Kier molecular flexibility index (Phi) is 4.77. The molecule has 5 nitrogen and oxygen atoms in total. The second-order valence-corrected chi connectivity index (χ2v) is 6.74. The molecule has 1 aromatic heterocycles. The zero-order chi connectivity index (χ0) is 14.6. The maximum atomic E-state index is 12.2. The lowest BCUT2D eigenvalue weighted by molar-refractivity contribution is 0.282. The number of ether oxygens (including phenoxy) is 1. The standard InChI is InChI=1S/C13H15NO4S2/c1-18-11-5-3-2-4-10(11)8-14-20(16,17)13-6-7-19-12(13)9-15/h2-7,14-15H,8-9H2,1H3. The molecule has 0 atom stereocenters. The Hall–Kier alpha value is -1.41. The Bertz CT molecular complexity index is 679. The van der Waals surface area contributed by atoms with Crippen LogP contribution in [0.4, 0.5) is 0 Å². The zero-order valence-corrected chi connectivity index (χ0v) is 12.5. The van der Waals surface area contributed by atoms with E-state index < -0.39 is 10.0 Å². The molecule has 108 valence electrons. The third-order valence-corrected chi connectivity index (χ3v) is 5.30. The van der Waals surface area contributed by atoms with E-state index in [2.05, 4.69) is 4.72 Å². The first-order valence-electron chi connectivity index (χ1n) is 5.87. The normalized spacial score (nSPS) is 11.5. The van der Waals surface area contributed by atoms with Gasteiger partial charge in [0, 0.05) is 17.0 Å². The maximum Gasteiger partial charge on any atom is 0.242 e. The Morgan fingerprint density at radius 3 is 2.75 bits per heavy atom. The second-order valence-electron chi connectivity index (χ2n) is 4.00. The molecule has 2 aromatic rings. The van der Waals surface area contributed by atoms with Crippen LogP contribution in [-0.2, 0) is 23.2 Å². The molecule has 0 amide bonds. The Labute approximate surface area is 121 Å². The van der Waals surface area contributed by atoms with Crippen molar-refractivity contribution in [3.8, 4) is 5.75 Å². The topological polar surface area (TPSA) is 75.6 Å². The summed E-state index contributed by atoms with van der Waals surface area (Å²) in [5.41, 5.74) is 0.749. The van der Waals surface area contributed by atoms with Crippen LogP contribution in [0.5, 0.6) is 5.75 Å². The lowest BCUT2D eigenvalue weighted by atomic mass is 10.2.